The van der Waals surface area contributed by atoms with Crippen LogP contribution in [0.25, 0.3) is 0 Å². The van der Waals surface area contributed by atoms with Crippen molar-refractivity contribution in [3.8, 4) is 0 Å². The van der Waals surface area contributed by atoms with Crippen LogP contribution in [0.1, 0.15) is 5.76 Å². The van der Waals surface area contributed by atoms with Crippen LogP contribution in [0.5, 0.6) is 0 Å². The van der Waals surface area contributed by atoms with E-state index in [1.165, 1.54) is 0 Å². The molecule has 0 aliphatic heterocycles. The molecule has 0 aliphatic rings. The van der Waals surface area contributed by atoms with Gasteiger partial charge < -0.3 is 9.32 Å². The van der Waals surface area contributed by atoms with Crippen LogP contribution in [0.2, 0.25) is 0 Å². The van der Waals surface area contributed by atoms with E-state index in [4.69, 9.17) is 10.3 Å². The first-order valence-electron chi connectivity index (χ1n) is 3.45. The number of hydrogen-bond acceptors (Lipinski definition) is 4. The van der Waals surface area contributed by atoms with Gasteiger partial charge in [0.15, 0.2) is 5.88 Å². The highest BCUT2D eigenvalue weighted by molar-refractivity contribution is 5.34. The highest BCUT2D eigenvalue weighted by Gasteiger charge is 2.02. The van der Waals surface area contributed by atoms with E-state index >= 15 is 0 Å². The molecule has 62 valence electrons. The first-order chi connectivity index (χ1) is 5.24. The van der Waals surface area contributed by atoms with E-state index in [0.29, 0.717) is 6.67 Å². The molecular weight excluding hydrogens is 142 g/mol. The second-order valence-electron chi connectivity index (χ2n) is 2.44. The Hall–Kier alpha value is -1.00. The fourth-order valence-electron chi connectivity index (χ4n) is 0.842. The van der Waals surface area contributed by atoms with Gasteiger partial charge >= 0.3 is 0 Å². The van der Waals surface area contributed by atoms with Gasteiger partial charge in [-0.3, -0.25) is 5.84 Å². The van der Waals surface area contributed by atoms with Crippen molar-refractivity contribution in [2.75, 3.05) is 18.6 Å². The van der Waals surface area contributed by atoms with Crippen molar-refractivity contribution in [1.82, 2.24) is 5.43 Å². The number of rotatable bonds is 3. The molecule has 0 saturated heterocycles. The minimum Gasteiger partial charge on any atom is -0.446 e. The van der Waals surface area contributed by atoms with Gasteiger partial charge in [0.25, 0.3) is 0 Å². The molecule has 1 heterocycles. The standard InChI is InChI=1S/C7H13N3O/c1-6-3-4-7(11-6)10(2)5-9-8/h3-4,9H,5,8H2,1-2H3. The van der Waals surface area contributed by atoms with Crippen LogP contribution in [-0.2, 0) is 0 Å². The highest BCUT2D eigenvalue weighted by Crippen LogP contribution is 2.14. The summed E-state index contributed by atoms with van der Waals surface area (Å²) in [5.41, 5.74) is 2.54. The summed E-state index contributed by atoms with van der Waals surface area (Å²) in [5, 5.41) is 0. The Bertz CT molecular complexity index is 221. The quantitative estimate of drug-likeness (QED) is 0.378. The monoisotopic (exact) mass is 155 g/mol. The van der Waals surface area contributed by atoms with E-state index in [-0.39, 0.29) is 0 Å². The maximum absolute atomic E-state index is 5.33. The van der Waals surface area contributed by atoms with Crippen molar-refractivity contribution in [2.24, 2.45) is 5.84 Å². The second kappa shape index (κ2) is 3.41. The summed E-state index contributed by atoms with van der Waals surface area (Å²) in [5.74, 6) is 6.87. The van der Waals surface area contributed by atoms with Crippen LogP contribution < -0.4 is 16.2 Å². The maximum Gasteiger partial charge on any atom is 0.196 e. The Morgan fingerprint density at radius 3 is 2.82 bits per heavy atom. The molecule has 0 atom stereocenters. The van der Waals surface area contributed by atoms with Gasteiger partial charge in [0.2, 0.25) is 0 Å². The molecule has 0 radical (unpaired) electrons. The van der Waals surface area contributed by atoms with Crippen molar-refractivity contribution in [2.45, 2.75) is 6.92 Å². The van der Waals surface area contributed by atoms with Gasteiger partial charge in [0.1, 0.15) is 5.76 Å². The fraction of sp³-hybridized carbons (Fsp3) is 0.429. The minimum atomic E-state index is 0.576. The lowest BCUT2D eigenvalue weighted by atomic mass is 10.5. The predicted molar refractivity (Wildman–Crippen MR) is 44.0 cm³/mol. The Morgan fingerprint density at radius 2 is 2.36 bits per heavy atom. The van der Waals surface area contributed by atoms with Crippen molar-refractivity contribution < 1.29 is 4.42 Å². The first-order valence-corrected chi connectivity index (χ1v) is 3.45. The van der Waals surface area contributed by atoms with E-state index in [0.717, 1.165) is 11.6 Å². The number of hydrazine groups is 1. The molecule has 1 aromatic heterocycles. The normalized spacial score (nSPS) is 10.1. The van der Waals surface area contributed by atoms with Crippen LogP contribution in [0.4, 0.5) is 5.88 Å². The second-order valence-corrected chi connectivity index (χ2v) is 2.44. The number of furan rings is 1. The van der Waals surface area contributed by atoms with E-state index in [1.807, 2.05) is 31.0 Å². The third kappa shape index (κ3) is 1.96. The lowest BCUT2D eigenvalue weighted by Crippen LogP contribution is -2.35. The summed E-state index contributed by atoms with van der Waals surface area (Å²) < 4.78 is 5.33. The number of anilines is 1. The zero-order valence-electron chi connectivity index (χ0n) is 6.79. The molecule has 0 amide bonds. The summed E-state index contributed by atoms with van der Waals surface area (Å²) in [6.45, 7) is 2.49. The number of nitrogens with two attached hydrogens (primary N) is 1. The van der Waals surface area contributed by atoms with E-state index in [2.05, 4.69) is 5.43 Å². The maximum atomic E-state index is 5.33. The SMILES string of the molecule is Cc1ccc(N(C)CNN)o1. The van der Waals surface area contributed by atoms with Gasteiger partial charge in [-0.15, -0.1) is 0 Å². The topological polar surface area (TPSA) is 54.4 Å². The fourth-order valence-corrected chi connectivity index (χ4v) is 0.842. The number of nitrogens with one attached hydrogen (secondary N) is 1. The third-order valence-electron chi connectivity index (χ3n) is 1.43. The number of hydrogen-bond donors (Lipinski definition) is 2. The molecule has 0 saturated carbocycles. The number of nitrogens with zero attached hydrogens (tertiary/aromatic N) is 1. The van der Waals surface area contributed by atoms with Crippen LogP contribution >= 0.6 is 0 Å². The molecule has 1 rings (SSSR count). The van der Waals surface area contributed by atoms with Gasteiger partial charge in [-0.1, -0.05) is 0 Å². The number of aryl methyl sites for hydroxylation is 1. The minimum absolute atomic E-state index is 0.576. The largest absolute Gasteiger partial charge is 0.446 e. The summed E-state index contributed by atoms with van der Waals surface area (Å²) in [7, 11) is 1.90. The lowest BCUT2D eigenvalue weighted by Gasteiger charge is -2.13. The summed E-state index contributed by atoms with van der Waals surface area (Å²) in [6, 6.07) is 3.83. The van der Waals surface area contributed by atoms with Gasteiger partial charge in [-0.25, -0.2) is 5.43 Å². The van der Waals surface area contributed by atoms with Crippen molar-refractivity contribution in [3.05, 3.63) is 17.9 Å². The van der Waals surface area contributed by atoms with Crippen molar-refractivity contribution >= 4 is 5.88 Å². The Kier molecular flexibility index (Phi) is 2.51. The molecule has 0 fully saturated rings. The molecule has 1 aromatic rings. The van der Waals surface area contributed by atoms with Gasteiger partial charge in [0, 0.05) is 13.1 Å². The molecule has 0 spiro atoms. The zero-order valence-corrected chi connectivity index (χ0v) is 6.79. The van der Waals surface area contributed by atoms with Crippen molar-refractivity contribution in [3.63, 3.8) is 0 Å². The van der Waals surface area contributed by atoms with Crippen LogP contribution in [0, 0.1) is 6.92 Å². The highest BCUT2D eigenvalue weighted by atomic mass is 16.4. The molecule has 11 heavy (non-hydrogen) atoms. The Morgan fingerprint density at radius 1 is 1.64 bits per heavy atom. The average molecular weight is 155 g/mol. The lowest BCUT2D eigenvalue weighted by molar-refractivity contribution is 0.518. The molecule has 0 unspecified atom stereocenters. The smallest absolute Gasteiger partial charge is 0.196 e. The molecule has 0 bridgehead atoms. The molecule has 0 aromatic carbocycles. The Balaban J connectivity index is 2.60. The van der Waals surface area contributed by atoms with Gasteiger partial charge in [-0.05, 0) is 13.0 Å². The van der Waals surface area contributed by atoms with E-state index in [1.54, 1.807) is 0 Å². The summed E-state index contributed by atoms with van der Waals surface area (Å²) in [6.07, 6.45) is 0. The van der Waals surface area contributed by atoms with Crippen LogP contribution in [0.15, 0.2) is 16.5 Å². The zero-order chi connectivity index (χ0) is 8.27. The summed E-state index contributed by atoms with van der Waals surface area (Å²) >= 11 is 0. The summed E-state index contributed by atoms with van der Waals surface area (Å²) in [4.78, 5) is 1.88. The molecule has 3 N–H and O–H groups in total. The molecule has 4 heteroatoms. The third-order valence-corrected chi connectivity index (χ3v) is 1.43. The predicted octanol–water partition coefficient (Wildman–Crippen LogP) is 0.445. The van der Waals surface area contributed by atoms with E-state index < -0.39 is 0 Å². The average Bonchev–Trinajstić information content (AvgIpc) is 2.36. The van der Waals surface area contributed by atoms with Gasteiger partial charge in [-0.2, -0.15) is 0 Å². The molecule has 4 nitrogen and oxygen atoms in total. The molecule has 0 aliphatic carbocycles. The first kappa shape index (κ1) is 8.10. The van der Waals surface area contributed by atoms with Crippen LogP contribution in [-0.4, -0.2) is 13.7 Å². The van der Waals surface area contributed by atoms with Crippen molar-refractivity contribution in [1.29, 1.82) is 0 Å². The molecular formula is C7H13N3O. The van der Waals surface area contributed by atoms with E-state index in [9.17, 15) is 0 Å². The van der Waals surface area contributed by atoms with Gasteiger partial charge in [0.05, 0.1) is 6.67 Å². The van der Waals surface area contributed by atoms with Crippen LogP contribution in [0.3, 0.4) is 0 Å². The Labute approximate surface area is 65.9 Å².